The lowest BCUT2D eigenvalue weighted by Crippen LogP contribution is -2.39. The number of likely N-dealkylation sites (N-methyl/N-ethyl adjacent to an activating group) is 1. The molecule has 2 aromatic rings. The lowest BCUT2D eigenvalue weighted by atomic mass is 10.1. The van der Waals surface area contributed by atoms with Gasteiger partial charge in [-0.15, -0.1) is 0 Å². The number of ether oxygens (including phenoxy) is 2. The smallest absolute Gasteiger partial charge is 0.241 e. The van der Waals surface area contributed by atoms with Gasteiger partial charge in [-0.2, -0.15) is 0 Å². The fourth-order valence-electron chi connectivity index (χ4n) is 2.38. The predicted molar refractivity (Wildman–Crippen MR) is 101 cm³/mol. The molecule has 0 saturated carbocycles. The maximum atomic E-state index is 12.4. The van der Waals surface area contributed by atoms with Gasteiger partial charge in [0.15, 0.2) is 11.5 Å². The van der Waals surface area contributed by atoms with Crippen molar-refractivity contribution in [3.05, 3.63) is 53.1 Å². The van der Waals surface area contributed by atoms with E-state index in [0.29, 0.717) is 23.1 Å². The molecule has 0 radical (unpaired) electrons. The van der Waals surface area contributed by atoms with Gasteiger partial charge in [0, 0.05) is 17.3 Å². The molecule has 0 heterocycles. The Morgan fingerprint density at radius 2 is 1.76 bits per heavy atom. The van der Waals surface area contributed by atoms with Gasteiger partial charge < -0.3 is 14.8 Å². The van der Waals surface area contributed by atoms with Crippen molar-refractivity contribution in [3.63, 3.8) is 0 Å². The summed E-state index contributed by atoms with van der Waals surface area (Å²) in [7, 11) is 5.11. The molecule has 0 unspecified atom stereocenters. The van der Waals surface area contributed by atoms with Gasteiger partial charge in [0.05, 0.1) is 20.3 Å². The fourth-order valence-corrected chi connectivity index (χ4v) is 2.51. The monoisotopic (exact) mass is 362 g/mol. The summed E-state index contributed by atoms with van der Waals surface area (Å²) >= 11 is 5.86. The first kappa shape index (κ1) is 19.1. The maximum absolute atomic E-state index is 12.4. The van der Waals surface area contributed by atoms with Gasteiger partial charge in [-0.3, -0.25) is 9.69 Å². The third-order valence-electron chi connectivity index (χ3n) is 4.03. The molecule has 0 aliphatic rings. The highest BCUT2D eigenvalue weighted by molar-refractivity contribution is 6.30. The zero-order valence-corrected chi connectivity index (χ0v) is 15.6. The summed E-state index contributed by atoms with van der Waals surface area (Å²) in [5.74, 6) is 1.28. The van der Waals surface area contributed by atoms with Crippen LogP contribution in [0.15, 0.2) is 42.5 Å². The standard InChI is InChI=1S/C19H23ClN2O3/c1-13(19(23)21-16-8-6-15(20)7-9-16)22(2)12-14-5-10-17(24-3)18(11-14)25-4/h5-11,13H,12H2,1-4H3,(H,21,23)/t13-/m1/s1. The molecule has 0 spiro atoms. The van der Waals surface area contributed by atoms with Crippen LogP contribution in [0.2, 0.25) is 5.02 Å². The maximum Gasteiger partial charge on any atom is 0.241 e. The topological polar surface area (TPSA) is 50.8 Å². The number of methoxy groups -OCH3 is 2. The number of hydrogen-bond acceptors (Lipinski definition) is 4. The Labute approximate surface area is 153 Å². The van der Waals surface area contributed by atoms with Gasteiger partial charge in [-0.05, 0) is 55.9 Å². The van der Waals surface area contributed by atoms with Crippen molar-refractivity contribution in [1.82, 2.24) is 4.90 Å². The number of anilines is 1. The van der Waals surface area contributed by atoms with E-state index in [1.807, 2.05) is 37.1 Å². The lowest BCUT2D eigenvalue weighted by Gasteiger charge is -2.24. The Hall–Kier alpha value is -2.24. The molecule has 0 aromatic heterocycles. The Bertz CT molecular complexity index is 719. The third-order valence-corrected chi connectivity index (χ3v) is 4.28. The summed E-state index contributed by atoms with van der Waals surface area (Å²) in [5.41, 5.74) is 1.76. The zero-order valence-electron chi connectivity index (χ0n) is 14.9. The molecule has 0 aliphatic heterocycles. The average molecular weight is 363 g/mol. The molecule has 25 heavy (non-hydrogen) atoms. The molecule has 6 heteroatoms. The number of nitrogens with one attached hydrogen (secondary N) is 1. The second kappa shape index (κ2) is 8.74. The Balaban J connectivity index is 2.00. The zero-order chi connectivity index (χ0) is 18.4. The molecule has 0 bridgehead atoms. The van der Waals surface area contributed by atoms with Crippen molar-refractivity contribution in [3.8, 4) is 11.5 Å². The number of hydrogen-bond donors (Lipinski definition) is 1. The first-order valence-corrected chi connectivity index (χ1v) is 8.30. The van der Waals surface area contributed by atoms with Gasteiger partial charge >= 0.3 is 0 Å². The van der Waals surface area contributed by atoms with Gasteiger partial charge in [0.25, 0.3) is 0 Å². The predicted octanol–water partition coefficient (Wildman–Crippen LogP) is 3.82. The minimum Gasteiger partial charge on any atom is -0.493 e. The molecular weight excluding hydrogens is 340 g/mol. The molecule has 134 valence electrons. The minimum absolute atomic E-state index is 0.0784. The highest BCUT2D eigenvalue weighted by Gasteiger charge is 2.19. The van der Waals surface area contributed by atoms with Gasteiger partial charge in [0.2, 0.25) is 5.91 Å². The van der Waals surface area contributed by atoms with E-state index in [2.05, 4.69) is 5.32 Å². The number of rotatable bonds is 7. The van der Waals surface area contributed by atoms with Gasteiger partial charge in [0.1, 0.15) is 0 Å². The summed E-state index contributed by atoms with van der Waals surface area (Å²) in [4.78, 5) is 14.4. The van der Waals surface area contributed by atoms with E-state index in [4.69, 9.17) is 21.1 Å². The second-order valence-electron chi connectivity index (χ2n) is 5.78. The van der Waals surface area contributed by atoms with Crippen molar-refractivity contribution >= 4 is 23.2 Å². The van der Waals surface area contributed by atoms with Crippen molar-refractivity contribution in [2.24, 2.45) is 0 Å². The summed E-state index contributed by atoms with van der Waals surface area (Å²) < 4.78 is 10.6. The first-order valence-electron chi connectivity index (χ1n) is 7.92. The molecule has 2 rings (SSSR count). The van der Waals surface area contributed by atoms with Crippen molar-refractivity contribution in [1.29, 1.82) is 0 Å². The molecule has 1 amide bonds. The molecular formula is C19H23ClN2O3. The first-order chi connectivity index (χ1) is 11.9. The van der Waals surface area contributed by atoms with Crippen LogP contribution in [0.3, 0.4) is 0 Å². The summed E-state index contributed by atoms with van der Waals surface area (Å²) in [6.45, 7) is 2.47. The third kappa shape index (κ3) is 5.11. The van der Waals surface area contributed by atoms with Crippen LogP contribution >= 0.6 is 11.6 Å². The van der Waals surface area contributed by atoms with Crippen LogP contribution < -0.4 is 14.8 Å². The van der Waals surface area contributed by atoms with Crippen LogP contribution in [0, 0.1) is 0 Å². The minimum atomic E-state index is -0.302. The van der Waals surface area contributed by atoms with Gasteiger partial charge in [-0.1, -0.05) is 17.7 Å². The van der Waals surface area contributed by atoms with E-state index < -0.39 is 0 Å². The van der Waals surface area contributed by atoms with Gasteiger partial charge in [-0.25, -0.2) is 0 Å². The summed E-state index contributed by atoms with van der Waals surface area (Å²) in [5, 5.41) is 3.53. The Kier molecular flexibility index (Phi) is 6.67. The molecule has 0 fully saturated rings. The molecule has 2 aromatic carbocycles. The van der Waals surface area contributed by atoms with Crippen LogP contribution in [-0.4, -0.2) is 38.1 Å². The largest absolute Gasteiger partial charge is 0.493 e. The second-order valence-corrected chi connectivity index (χ2v) is 6.21. The van der Waals surface area contributed by atoms with Crippen LogP contribution in [0.25, 0.3) is 0 Å². The van der Waals surface area contributed by atoms with Crippen LogP contribution in [-0.2, 0) is 11.3 Å². The van der Waals surface area contributed by atoms with Crippen molar-refractivity contribution < 1.29 is 14.3 Å². The normalized spacial score (nSPS) is 11.9. The number of amides is 1. The molecule has 0 saturated heterocycles. The van der Waals surface area contributed by atoms with E-state index in [1.165, 1.54) is 0 Å². The molecule has 1 N–H and O–H groups in total. The highest BCUT2D eigenvalue weighted by atomic mass is 35.5. The number of carbonyl (C=O) groups is 1. The van der Waals surface area contributed by atoms with E-state index >= 15 is 0 Å². The fraction of sp³-hybridized carbons (Fsp3) is 0.316. The van der Waals surface area contributed by atoms with E-state index in [0.717, 1.165) is 11.3 Å². The molecule has 5 nitrogen and oxygen atoms in total. The summed E-state index contributed by atoms with van der Waals surface area (Å²) in [6, 6.07) is 12.5. The molecule has 0 aliphatic carbocycles. The van der Waals surface area contributed by atoms with Crippen molar-refractivity contribution in [2.45, 2.75) is 19.5 Å². The van der Waals surface area contributed by atoms with Crippen LogP contribution in [0.5, 0.6) is 11.5 Å². The Morgan fingerprint density at radius 1 is 1.12 bits per heavy atom. The van der Waals surface area contributed by atoms with E-state index in [9.17, 15) is 4.79 Å². The number of halogens is 1. The number of carbonyl (C=O) groups excluding carboxylic acids is 1. The highest BCUT2D eigenvalue weighted by Crippen LogP contribution is 2.28. The number of benzene rings is 2. The number of nitrogens with zero attached hydrogens (tertiary/aromatic N) is 1. The van der Waals surface area contributed by atoms with Crippen LogP contribution in [0.4, 0.5) is 5.69 Å². The van der Waals surface area contributed by atoms with E-state index in [1.54, 1.807) is 38.5 Å². The lowest BCUT2D eigenvalue weighted by molar-refractivity contribution is -0.120. The average Bonchev–Trinajstić information content (AvgIpc) is 2.62. The summed E-state index contributed by atoms with van der Waals surface area (Å²) in [6.07, 6.45) is 0. The van der Waals surface area contributed by atoms with Crippen molar-refractivity contribution in [2.75, 3.05) is 26.6 Å². The van der Waals surface area contributed by atoms with Crippen LogP contribution in [0.1, 0.15) is 12.5 Å². The Morgan fingerprint density at radius 3 is 2.36 bits per heavy atom. The molecule has 1 atom stereocenters. The van der Waals surface area contributed by atoms with E-state index in [-0.39, 0.29) is 11.9 Å². The quantitative estimate of drug-likeness (QED) is 0.813. The SMILES string of the molecule is COc1ccc(CN(C)[C@H](C)C(=O)Nc2ccc(Cl)cc2)cc1OC.